The number of ether oxygens (including phenoxy) is 2. The van der Waals surface area contributed by atoms with Crippen LogP contribution >= 0.6 is 0 Å². The van der Waals surface area contributed by atoms with Crippen molar-refractivity contribution in [2.24, 2.45) is 20.7 Å². The van der Waals surface area contributed by atoms with Crippen LogP contribution < -0.4 is 20.1 Å². The molecule has 4 aromatic rings. The molecule has 2 unspecified atom stereocenters. The van der Waals surface area contributed by atoms with E-state index in [1.807, 2.05) is 0 Å². The zero-order valence-corrected chi connectivity index (χ0v) is 34.6. The van der Waals surface area contributed by atoms with Crippen LogP contribution in [0.4, 0.5) is 11.4 Å². The van der Waals surface area contributed by atoms with Gasteiger partial charge in [-0.2, -0.15) is 8.42 Å². The molecule has 20 nitrogen and oxygen atoms in total. The normalized spacial score (nSPS) is 12.0. The van der Waals surface area contributed by atoms with E-state index in [4.69, 9.17) is 19.1 Å². The van der Waals surface area contributed by atoms with Gasteiger partial charge in [-0.3, -0.25) is 33.7 Å². The van der Waals surface area contributed by atoms with Gasteiger partial charge in [0.2, 0.25) is 0 Å². The van der Waals surface area contributed by atoms with Gasteiger partial charge >= 0.3 is 5.97 Å². The fourth-order valence-electron chi connectivity index (χ4n) is 4.65. The molecule has 0 aromatic heterocycles. The van der Waals surface area contributed by atoms with Crippen LogP contribution in [0.2, 0.25) is 0 Å². The van der Waals surface area contributed by atoms with Gasteiger partial charge in [-0.1, -0.05) is 10.4 Å². The van der Waals surface area contributed by atoms with E-state index in [0.717, 1.165) is 0 Å². The lowest BCUT2D eigenvalue weighted by Crippen LogP contribution is -2.49. The van der Waals surface area contributed by atoms with Crippen LogP contribution in [0.15, 0.2) is 118 Å². The van der Waals surface area contributed by atoms with Crippen LogP contribution in [0, 0.1) is 0 Å². The van der Waals surface area contributed by atoms with Crippen molar-refractivity contribution >= 4 is 50.8 Å². The highest BCUT2D eigenvalue weighted by Gasteiger charge is 2.25. The van der Waals surface area contributed by atoms with Crippen LogP contribution in [0.25, 0.3) is 0 Å². The van der Waals surface area contributed by atoms with Crippen molar-refractivity contribution in [2.45, 2.75) is 19.1 Å². The number of carbonyl (C=O) groups is 5. The molecule has 2 atom stereocenters. The number of nitrogens with zero attached hydrogens (tertiary/aromatic N) is 6. The van der Waals surface area contributed by atoms with Crippen molar-refractivity contribution < 1.29 is 56.6 Å². The lowest BCUT2D eigenvalue weighted by molar-refractivity contribution is -0.145. The topological polar surface area (TPSA) is 279 Å². The van der Waals surface area contributed by atoms with Gasteiger partial charge in [0.05, 0.1) is 23.2 Å². The van der Waals surface area contributed by atoms with Crippen molar-refractivity contribution in [3.63, 3.8) is 0 Å². The molecular weight excluding hydrogens is 817 g/mol. The molecule has 5 N–H and O–H groups in total. The first-order chi connectivity index (χ1) is 28.8. The number of benzene rings is 4. The second-order valence-electron chi connectivity index (χ2n) is 13.2. The third-order valence-electron chi connectivity index (χ3n) is 7.66. The molecule has 0 heterocycles. The molecule has 0 saturated heterocycles. The number of aliphatic hydroxyl groups is 1. The first-order valence-corrected chi connectivity index (χ1v) is 19.8. The van der Waals surface area contributed by atoms with Gasteiger partial charge in [0.1, 0.15) is 11.5 Å². The molecule has 0 aliphatic carbocycles. The highest BCUT2D eigenvalue weighted by Crippen LogP contribution is 2.20. The van der Waals surface area contributed by atoms with Crippen molar-refractivity contribution in [1.29, 1.82) is 0 Å². The summed E-state index contributed by atoms with van der Waals surface area (Å²) < 4.78 is 40.4. The average molecular weight is 863 g/mol. The highest BCUT2D eigenvalue weighted by atomic mass is 32.2. The van der Waals surface area contributed by atoms with Gasteiger partial charge < -0.3 is 30.3 Å². The molecule has 0 spiro atoms. The Morgan fingerprint density at radius 3 is 1.33 bits per heavy atom. The zero-order valence-electron chi connectivity index (χ0n) is 33.8. The van der Waals surface area contributed by atoms with E-state index in [0.29, 0.717) is 45.1 Å². The molecule has 0 aliphatic heterocycles. The second kappa shape index (κ2) is 23.5. The summed E-state index contributed by atoms with van der Waals surface area (Å²) in [5.74, 6) is -2.83. The van der Waals surface area contributed by atoms with E-state index in [9.17, 15) is 37.5 Å². The van der Waals surface area contributed by atoms with E-state index in [2.05, 4.69) is 31.3 Å². The third kappa shape index (κ3) is 17.7. The Labute approximate surface area is 351 Å². The van der Waals surface area contributed by atoms with E-state index in [1.54, 1.807) is 123 Å². The van der Waals surface area contributed by atoms with Crippen molar-refractivity contribution in [1.82, 2.24) is 20.7 Å². The number of carboxylic acid groups (broad SMARTS) is 1. The van der Waals surface area contributed by atoms with Crippen LogP contribution in [0.5, 0.6) is 11.5 Å². The number of aliphatic hydroxyl groups excluding tert-OH is 1. The number of ketones is 2. The zero-order chi connectivity index (χ0) is 45.1. The second-order valence-corrected chi connectivity index (χ2v) is 14.8. The molecule has 0 radical (unpaired) electrons. The molecule has 4 rings (SSSR count). The molecule has 0 saturated carbocycles. The van der Waals surface area contributed by atoms with E-state index < -0.39 is 52.4 Å². The quantitative estimate of drug-likeness (QED) is 0.0367. The number of nitrogens with one attached hydrogen (secondary N) is 2. The van der Waals surface area contributed by atoms with Gasteiger partial charge in [0.25, 0.3) is 21.9 Å². The van der Waals surface area contributed by atoms with Gasteiger partial charge in [-0.25, -0.2) is 4.79 Å². The molecule has 2 amide bonds. The van der Waals surface area contributed by atoms with Crippen molar-refractivity contribution in [3.05, 3.63) is 119 Å². The summed E-state index contributed by atoms with van der Waals surface area (Å²) in [6, 6.07) is 24.4. The largest absolute Gasteiger partial charge is 0.484 e. The minimum atomic E-state index is -4.13. The molecule has 4 aromatic carbocycles. The monoisotopic (exact) mass is 862 g/mol. The van der Waals surface area contributed by atoms with Crippen LogP contribution in [0.1, 0.15) is 38.8 Å². The summed E-state index contributed by atoms with van der Waals surface area (Å²) in [7, 11) is 2.89. The Balaban J connectivity index is 0.000000325. The average Bonchev–Trinajstić information content (AvgIpc) is 3.22. The number of hydrogen-bond acceptors (Lipinski definition) is 14. The summed E-state index contributed by atoms with van der Waals surface area (Å²) in [5, 5.41) is 41.7. The van der Waals surface area contributed by atoms with Gasteiger partial charge in [0, 0.05) is 57.0 Å². The Bertz CT molecular complexity index is 2270. The number of aliphatic carboxylic acids is 1. The molecule has 324 valence electrons. The predicted octanol–water partition coefficient (Wildman–Crippen LogP) is 3.67. The Kier molecular flexibility index (Phi) is 18.6. The minimum absolute atomic E-state index is 0.180. The lowest BCUT2D eigenvalue weighted by Gasteiger charge is -2.17. The maximum Gasteiger partial charge on any atom is 0.328 e. The highest BCUT2D eigenvalue weighted by molar-refractivity contribution is 7.85. The molecule has 0 bridgehead atoms. The van der Waals surface area contributed by atoms with Crippen LogP contribution in [-0.2, 0) is 24.5 Å². The lowest BCUT2D eigenvalue weighted by atomic mass is 10.0. The van der Waals surface area contributed by atoms with Crippen LogP contribution in [0.3, 0.4) is 0 Å². The minimum Gasteiger partial charge on any atom is -0.484 e. The maximum absolute atomic E-state index is 12.6. The van der Waals surface area contributed by atoms with Crippen LogP contribution in [-0.4, -0.2) is 128 Å². The summed E-state index contributed by atoms with van der Waals surface area (Å²) >= 11 is 0. The summed E-state index contributed by atoms with van der Waals surface area (Å²) in [5.41, 5.74) is 3.09. The number of carbonyl (C=O) groups excluding carboxylic acids is 4. The summed E-state index contributed by atoms with van der Waals surface area (Å²) in [6.07, 6.45) is -1.25. The van der Waals surface area contributed by atoms with Gasteiger partial charge in [-0.15, -0.1) is 10.2 Å². The molecule has 0 fully saturated rings. The molecule has 21 heteroatoms. The van der Waals surface area contributed by atoms with Gasteiger partial charge in [0.15, 0.2) is 30.8 Å². The Morgan fingerprint density at radius 2 is 1.00 bits per heavy atom. The fraction of sp³-hybridized carbons (Fsp3) is 0.275. The standard InChI is InChI=1S/C21H24N4O6.C19H22N4O6S/c1-13(26)19(21(29)30)22-18(27)12-31-17-10-6-15(7-11-17)20(28)14-4-8-16(9-5-14)23-24-25(2)3;1-23(2)22-21-16-7-3-14(4-8-16)19(25)15-5-9-17(10-6-15)29-13-18(24)20-11-12-30(26,27)28/h4-11,13,19,26H,12H2,1-3H3,(H,22,27)(H,29,30);3-10H,11-13H2,1-2H3,(H,20,24)(H,26,27,28). The smallest absolute Gasteiger partial charge is 0.328 e. The van der Waals surface area contributed by atoms with Crippen molar-refractivity contribution in [3.8, 4) is 11.5 Å². The van der Waals surface area contributed by atoms with Crippen molar-refractivity contribution in [2.75, 3.05) is 53.7 Å². The third-order valence-corrected chi connectivity index (χ3v) is 8.38. The fourth-order valence-corrected chi connectivity index (χ4v) is 5.01. The maximum atomic E-state index is 12.6. The Hall–Kier alpha value is -7.10. The number of hydrogen-bond donors (Lipinski definition) is 5. The molecule has 61 heavy (non-hydrogen) atoms. The SMILES string of the molecule is CC(O)C(NC(=O)COc1ccc(C(=O)c2ccc(N=NN(C)C)cc2)cc1)C(=O)O.CN(C)N=Nc1ccc(C(=O)c2ccc(OCC(=O)NCCS(=O)(=O)O)cc2)cc1. The van der Waals surface area contributed by atoms with Gasteiger partial charge in [-0.05, 0) is 104 Å². The van der Waals surface area contributed by atoms with E-state index >= 15 is 0 Å². The predicted molar refractivity (Wildman–Crippen MR) is 221 cm³/mol. The first kappa shape index (κ1) is 48.3. The Morgan fingerprint density at radius 1 is 0.639 bits per heavy atom. The molecule has 0 aliphatic rings. The van der Waals surface area contributed by atoms with E-state index in [-0.39, 0.29) is 24.7 Å². The number of amides is 2. The number of rotatable bonds is 20. The number of carboxylic acids is 1. The molecular formula is C40H46N8O12S. The van der Waals surface area contributed by atoms with E-state index in [1.165, 1.54) is 19.1 Å². The summed E-state index contributed by atoms with van der Waals surface area (Å²) in [4.78, 5) is 59.6. The summed E-state index contributed by atoms with van der Waals surface area (Å²) in [6.45, 7) is 0.273. The first-order valence-electron chi connectivity index (χ1n) is 18.2.